The fourth-order valence-electron chi connectivity index (χ4n) is 3.33. The normalized spacial score (nSPS) is 33.7. The Hall–Kier alpha value is -0.570. The number of likely N-dealkylation sites (tertiary alicyclic amines) is 1. The van der Waals surface area contributed by atoms with E-state index in [-0.39, 0.29) is 6.04 Å². The molecule has 1 aliphatic heterocycles. The van der Waals surface area contributed by atoms with Crippen LogP contribution in [0.1, 0.15) is 46.5 Å². The highest BCUT2D eigenvalue weighted by Crippen LogP contribution is 2.41. The molecule has 0 aromatic heterocycles. The summed E-state index contributed by atoms with van der Waals surface area (Å²) in [5, 5.41) is 3.28. The highest BCUT2D eigenvalue weighted by Gasteiger charge is 2.44. The molecular weight excluding hydrogens is 200 g/mol. The first kappa shape index (κ1) is 11.9. The molecule has 0 radical (unpaired) electrons. The van der Waals surface area contributed by atoms with Crippen LogP contribution in [0.3, 0.4) is 0 Å². The second-order valence-electron chi connectivity index (χ2n) is 5.83. The van der Waals surface area contributed by atoms with Crippen molar-refractivity contribution in [3.63, 3.8) is 0 Å². The van der Waals surface area contributed by atoms with Crippen molar-refractivity contribution in [3.8, 4) is 0 Å². The van der Waals surface area contributed by atoms with Crippen LogP contribution in [0.4, 0.5) is 0 Å². The van der Waals surface area contributed by atoms with E-state index in [4.69, 9.17) is 0 Å². The van der Waals surface area contributed by atoms with Gasteiger partial charge < -0.3 is 10.2 Å². The van der Waals surface area contributed by atoms with E-state index in [1.807, 2.05) is 0 Å². The molecule has 1 N–H and O–H groups in total. The summed E-state index contributed by atoms with van der Waals surface area (Å²) in [6.45, 7) is 8.51. The third kappa shape index (κ3) is 1.97. The molecule has 0 aromatic rings. The first-order chi connectivity index (χ1) is 7.56. The van der Waals surface area contributed by atoms with Gasteiger partial charge in [0.15, 0.2) is 0 Å². The minimum absolute atomic E-state index is 0.0846. The van der Waals surface area contributed by atoms with Crippen LogP contribution in [-0.2, 0) is 4.79 Å². The summed E-state index contributed by atoms with van der Waals surface area (Å²) in [4.78, 5) is 14.4. The Kier molecular flexibility index (Phi) is 3.24. The van der Waals surface area contributed by atoms with Crippen LogP contribution in [0.25, 0.3) is 0 Å². The van der Waals surface area contributed by atoms with E-state index in [0.717, 1.165) is 19.5 Å². The molecular formula is C13H24N2O. The van der Waals surface area contributed by atoms with E-state index < -0.39 is 0 Å². The van der Waals surface area contributed by atoms with E-state index >= 15 is 0 Å². The van der Waals surface area contributed by atoms with Crippen molar-refractivity contribution in [2.24, 2.45) is 5.41 Å². The minimum atomic E-state index is 0.0846. The molecule has 0 spiro atoms. The van der Waals surface area contributed by atoms with Gasteiger partial charge in [0.05, 0.1) is 6.04 Å². The van der Waals surface area contributed by atoms with E-state index in [2.05, 4.69) is 31.0 Å². The molecule has 0 aromatic carbocycles. The second-order valence-corrected chi connectivity index (χ2v) is 5.83. The van der Waals surface area contributed by atoms with Gasteiger partial charge in [-0.1, -0.05) is 27.2 Å². The van der Waals surface area contributed by atoms with Crippen LogP contribution in [0.15, 0.2) is 0 Å². The molecule has 1 saturated carbocycles. The van der Waals surface area contributed by atoms with Gasteiger partial charge in [0.25, 0.3) is 0 Å². The Labute approximate surface area is 98.6 Å². The lowest BCUT2D eigenvalue weighted by atomic mass is 9.86. The van der Waals surface area contributed by atoms with Crippen molar-refractivity contribution in [1.29, 1.82) is 0 Å². The summed E-state index contributed by atoms with van der Waals surface area (Å²) in [5.74, 6) is 0.335. The van der Waals surface area contributed by atoms with Gasteiger partial charge in [-0.25, -0.2) is 0 Å². The van der Waals surface area contributed by atoms with Gasteiger partial charge in [0.1, 0.15) is 0 Å². The lowest BCUT2D eigenvalue weighted by molar-refractivity contribution is -0.133. The number of rotatable bonds is 3. The molecule has 0 bridgehead atoms. The zero-order valence-electron chi connectivity index (χ0n) is 10.8. The average molecular weight is 224 g/mol. The molecule has 3 nitrogen and oxygen atoms in total. The number of carbonyl (C=O) groups excluding carboxylic acids is 1. The van der Waals surface area contributed by atoms with Crippen molar-refractivity contribution < 1.29 is 4.79 Å². The second kappa shape index (κ2) is 4.36. The smallest absolute Gasteiger partial charge is 0.240 e. The zero-order chi connectivity index (χ0) is 11.8. The highest BCUT2D eigenvalue weighted by molar-refractivity contribution is 5.84. The van der Waals surface area contributed by atoms with E-state index in [9.17, 15) is 4.79 Å². The molecule has 2 atom stereocenters. The lowest BCUT2D eigenvalue weighted by Gasteiger charge is -2.35. The minimum Gasteiger partial charge on any atom is -0.338 e. The summed E-state index contributed by atoms with van der Waals surface area (Å²) in [6, 6.07) is 0.560. The predicted molar refractivity (Wildman–Crippen MR) is 65.2 cm³/mol. The molecule has 2 aliphatic rings. The number of carbonyl (C=O) groups is 1. The third-order valence-electron chi connectivity index (χ3n) is 4.27. The molecule has 16 heavy (non-hydrogen) atoms. The van der Waals surface area contributed by atoms with Crippen molar-refractivity contribution >= 4 is 5.91 Å². The summed E-state index contributed by atoms with van der Waals surface area (Å²) in [6.07, 6.45) is 4.71. The van der Waals surface area contributed by atoms with Crippen molar-refractivity contribution in [2.75, 3.05) is 13.1 Å². The number of likely N-dealkylation sites (N-methyl/N-ethyl adjacent to an activating group) is 1. The Balaban J connectivity index is 2.04. The number of nitrogens with zero attached hydrogens (tertiary/aromatic N) is 1. The van der Waals surface area contributed by atoms with Crippen LogP contribution >= 0.6 is 0 Å². The standard InChI is InChI=1S/C13H24N2O/c1-4-14-10-7-9-15(12(10)16)11-6-5-8-13(11,2)3/h10-11,14H,4-9H2,1-3H3. The molecule has 2 fully saturated rings. The number of amides is 1. The SMILES string of the molecule is CCNC1CCN(C2CCCC2(C)C)C1=O. The Bertz CT molecular complexity index is 275. The first-order valence-electron chi connectivity index (χ1n) is 6.60. The molecule has 2 rings (SSSR count). The van der Waals surface area contributed by atoms with Crippen LogP contribution in [-0.4, -0.2) is 36.0 Å². The molecule has 1 amide bonds. The van der Waals surface area contributed by atoms with Gasteiger partial charge in [0.2, 0.25) is 5.91 Å². The van der Waals surface area contributed by atoms with Gasteiger partial charge >= 0.3 is 0 Å². The van der Waals surface area contributed by atoms with Gasteiger partial charge in [-0.15, -0.1) is 0 Å². The average Bonchev–Trinajstić information content (AvgIpc) is 2.72. The number of hydrogen-bond donors (Lipinski definition) is 1. The molecule has 1 heterocycles. The fourth-order valence-corrected chi connectivity index (χ4v) is 3.33. The van der Waals surface area contributed by atoms with Crippen molar-refractivity contribution in [3.05, 3.63) is 0 Å². The third-order valence-corrected chi connectivity index (χ3v) is 4.27. The number of hydrogen-bond acceptors (Lipinski definition) is 2. The maximum absolute atomic E-state index is 12.2. The molecule has 1 aliphatic carbocycles. The van der Waals surface area contributed by atoms with E-state index in [1.165, 1.54) is 19.3 Å². The summed E-state index contributed by atoms with van der Waals surface area (Å²) in [5.41, 5.74) is 0.316. The van der Waals surface area contributed by atoms with Gasteiger partial charge in [-0.2, -0.15) is 0 Å². The summed E-state index contributed by atoms with van der Waals surface area (Å²) < 4.78 is 0. The Morgan fingerprint density at radius 3 is 2.75 bits per heavy atom. The maximum Gasteiger partial charge on any atom is 0.240 e. The predicted octanol–water partition coefficient (Wildman–Crippen LogP) is 1.78. The number of nitrogens with one attached hydrogen (secondary N) is 1. The van der Waals surface area contributed by atoms with Crippen LogP contribution in [0.5, 0.6) is 0 Å². The first-order valence-corrected chi connectivity index (χ1v) is 6.60. The highest BCUT2D eigenvalue weighted by atomic mass is 16.2. The summed E-state index contributed by atoms with van der Waals surface area (Å²) >= 11 is 0. The molecule has 92 valence electrons. The quantitative estimate of drug-likeness (QED) is 0.792. The molecule has 2 unspecified atom stereocenters. The fraction of sp³-hybridized carbons (Fsp3) is 0.923. The van der Waals surface area contributed by atoms with E-state index in [0.29, 0.717) is 17.4 Å². The van der Waals surface area contributed by atoms with Gasteiger partial charge in [0, 0.05) is 12.6 Å². The molecule has 3 heteroatoms. The monoisotopic (exact) mass is 224 g/mol. The Morgan fingerprint density at radius 1 is 1.44 bits per heavy atom. The lowest BCUT2D eigenvalue weighted by Crippen LogP contribution is -2.46. The topological polar surface area (TPSA) is 32.3 Å². The van der Waals surface area contributed by atoms with Crippen molar-refractivity contribution in [2.45, 2.75) is 58.5 Å². The maximum atomic E-state index is 12.2. The molecule has 1 saturated heterocycles. The van der Waals surface area contributed by atoms with E-state index in [1.54, 1.807) is 0 Å². The largest absolute Gasteiger partial charge is 0.338 e. The van der Waals surface area contributed by atoms with Crippen LogP contribution in [0.2, 0.25) is 0 Å². The Morgan fingerprint density at radius 2 is 2.19 bits per heavy atom. The van der Waals surface area contributed by atoms with Crippen LogP contribution < -0.4 is 5.32 Å². The zero-order valence-corrected chi connectivity index (χ0v) is 10.8. The van der Waals surface area contributed by atoms with Crippen LogP contribution in [0, 0.1) is 5.41 Å². The van der Waals surface area contributed by atoms with Crippen molar-refractivity contribution in [1.82, 2.24) is 10.2 Å². The van der Waals surface area contributed by atoms with Gasteiger partial charge in [-0.3, -0.25) is 4.79 Å². The summed E-state index contributed by atoms with van der Waals surface area (Å²) in [7, 11) is 0. The van der Waals surface area contributed by atoms with Gasteiger partial charge in [-0.05, 0) is 31.2 Å².